The van der Waals surface area contributed by atoms with E-state index < -0.39 is 10.0 Å². The van der Waals surface area contributed by atoms with Gasteiger partial charge in [0.1, 0.15) is 10.6 Å². The third-order valence-electron chi connectivity index (χ3n) is 3.03. The zero-order valence-electron chi connectivity index (χ0n) is 11.6. The zero-order chi connectivity index (χ0) is 15.6. The van der Waals surface area contributed by atoms with E-state index in [1.807, 2.05) is 0 Å². The van der Waals surface area contributed by atoms with Crippen molar-refractivity contribution in [3.05, 3.63) is 46.9 Å². The van der Waals surface area contributed by atoms with Crippen molar-refractivity contribution in [1.82, 2.24) is 0 Å². The van der Waals surface area contributed by atoms with Crippen molar-refractivity contribution >= 4 is 37.3 Å². The lowest BCUT2D eigenvalue weighted by atomic mass is 10.3. The minimum atomic E-state index is -3.70. The second kappa shape index (κ2) is 5.95. The fraction of sp³-hybridized carbons (Fsp3) is 0.143. The van der Waals surface area contributed by atoms with Gasteiger partial charge >= 0.3 is 0 Å². The first kappa shape index (κ1) is 15.7. The highest BCUT2D eigenvalue weighted by atomic mass is 79.9. The van der Waals surface area contributed by atoms with Gasteiger partial charge in [-0.1, -0.05) is 0 Å². The lowest BCUT2D eigenvalue weighted by Gasteiger charge is -2.20. The van der Waals surface area contributed by atoms with Gasteiger partial charge in [0.15, 0.2) is 0 Å². The van der Waals surface area contributed by atoms with E-state index >= 15 is 0 Å². The van der Waals surface area contributed by atoms with Gasteiger partial charge in [0, 0.05) is 17.2 Å². The smallest absolute Gasteiger partial charge is 0.265 e. The maximum atomic E-state index is 12.7. The number of nitrogen functional groups attached to an aromatic ring is 1. The summed E-state index contributed by atoms with van der Waals surface area (Å²) in [5, 5.41) is 0. The first-order valence-electron chi connectivity index (χ1n) is 6.04. The zero-order valence-corrected chi connectivity index (χ0v) is 14.0. The van der Waals surface area contributed by atoms with Crippen LogP contribution in [0.5, 0.6) is 5.75 Å². The molecule has 2 aromatic rings. The molecular formula is C14H15BrN2O3S. The molecule has 0 saturated heterocycles. The van der Waals surface area contributed by atoms with Crippen LogP contribution in [0.25, 0.3) is 0 Å². The van der Waals surface area contributed by atoms with E-state index in [1.54, 1.807) is 43.5 Å². The van der Waals surface area contributed by atoms with Crippen molar-refractivity contribution in [2.75, 3.05) is 24.2 Å². The van der Waals surface area contributed by atoms with Crippen LogP contribution in [0.4, 0.5) is 11.4 Å². The number of ether oxygens (including phenoxy) is 1. The first-order chi connectivity index (χ1) is 9.86. The van der Waals surface area contributed by atoms with E-state index in [1.165, 1.54) is 17.4 Å². The number of rotatable bonds is 4. The molecule has 0 atom stereocenters. The van der Waals surface area contributed by atoms with E-state index in [4.69, 9.17) is 10.5 Å². The molecule has 0 spiro atoms. The van der Waals surface area contributed by atoms with E-state index in [0.29, 0.717) is 21.6 Å². The fourth-order valence-corrected chi connectivity index (χ4v) is 3.95. The SMILES string of the molecule is COc1ccc(N(C)S(=O)(=O)c2cc(N)ccc2Br)cc1. The number of hydrogen-bond acceptors (Lipinski definition) is 4. The Bertz CT molecular complexity index is 745. The number of sulfonamides is 1. The molecule has 0 heterocycles. The number of hydrogen-bond donors (Lipinski definition) is 1. The third-order valence-corrected chi connectivity index (χ3v) is 5.81. The third kappa shape index (κ3) is 3.14. The summed E-state index contributed by atoms with van der Waals surface area (Å²) in [6, 6.07) is 11.4. The number of nitrogens with zero attached hydrogens (tertiary/aromatic N) is 1. The summed E-state index contributed by atoms with van der Waals surface area (Å²) in [6.07, 6.45) is 0. The van der Waals surface area contributed by atoms with E-state index in [-0.39, 0.29) is 4.90 Å². The second-order valence-corrected chi connectivity index (χ2v) is 7.15. The molecular weight excluding hydrogens is 356 g/mol. The van der Waals surface area contributed by atoms with Gasteiger partial charge in [0.25, 0.3) is 10.0 Å². The van der Waals surface area contributed by atoms with Gasteiger partial charge in [0.2, 0.25) is 0 Å². The molecule has 0 fully saturated rings. The Morgan fingerprint density at radius 3 is 2.33 bits per heavy atom. The Morgan fingerprint density at radius 1 is 1.14 bits per heavy atom. The van der Waals surface area contributed by atoms with Crippen molar-refractivity contribution in [2.45, 2.75) is 4.90 Å². The summed E-state index contributed by atoms with van der Waals surface area (Å²) < 4.78 is 32.1. The molecule has 21 heavy (non-hydrogen) atoms. The highest BCUT2D eigenvalue weighted by molar-refractivity contribution is 9.10. The number of halogens is 1. The van der Waals surface area contributed by atoms with Crippen molar-refractivity contribution in [2.24, 2.45) is 0 Å². The molecule has 2 aromatic carbocycles. The second-order valence-electron chi connectivity index (χ2n) is 4.36. The van der Waals surface area contributed by atoms with Gasteiger partial charge in [-0.3, -0.25) is 4.31 Å². The predicted molar refractivity (Wildman–Crippen MR) is 87.1 cm³/mol. The number of anilines is 2. The summed E-state index contributed by atoms with van der Waals surface area (Å²) >= 11 is 3.25. The number of nitrogens with two attached hydrogens (primary N) is 1. The Hall–Kier alpha value is -1.73. The van der Waals surface area contributed by atoms with Crippen LogP contribution in [-0.2, 0) is 10.0 Å². The van der Waals surface area contributed by atoms with Crippen LogP contribution in [-0.4, -0.2) is 22.6 Å². The average Bonchev–Trinajstić information content (AvgIpc) is 2.49. The van der Waals surface area contributed by atoms with Crippen LogP contribution in [0.1, 0.15) is 0 Å². The van der Waals surface area contributed by atoms with Crippen LogP contribution in [0.2, 0.25) is 0 Å². The maximum Gasteiger partial charge on any atom is 0.265 e. The maximum absolute atomic E-state index is 12.7. The Kier molecular flexibility index (Phi) is 4.43. The summed E-state index contributed by atoms with van der Waals surface area (Å²) in [6.45, 7) is 0. The van der Waals surface area contributed by atoms with Gasteiger partial charge in [-0.15, -0.1) is 0 Å². The molecule has 0 radical (unpaired) electrons. The lowest BCUT2D eigenvalue weighted by Crippen LogP contribution is -2.26. The van der Waals surface area contributed by atoms with Crippen LogP contribution in [0, 0.1) is 0 Å². The van der Waals surface area contributed by atoms with Crippen LogP contribution in [0.3, 0.4) is 0 Å². The van der Waals surface area contributed by atoms with Crippen molar-refractivity contribution < 1.29 is 13.2 Å². The monoisotopic (exact) mass is 370 g/mol. The normalized spacial score (nSPS) is 11.2. The minimum Gasteiger partial charge on any atom is -0.497 e. The molecule has 0 aliphatic rings. The average molecular weight is 371 g/mol. The summed E-state index contributed by atoms with van der Waals surface area (Å²) in [5.41, 5.74) is 6.60. The molecule has 112 valence electrons. The molecule has 0 bridgehead atoms. The van der Waals surface area contributed by atoms with E-state index in [9.17, 15) is 8.42 Å². The minimum absolute atomic E-state index is 0.126. The van der Waals surface area contributed by atoms with Crippen LogP contribution >= 0.6 is 15.9 Å². The number of benzene rings is 2. The summed E-state index contributed by atoms with van der Waals surface area (Å²) in [7, 11) is -0.651. The van der Waals surface area contributed by atoms with E-state index in [0.717, 1.165) is 0 Å². The molecule has 0 saturated carbocycles. The summed E-state index contributed by atoms with van der Waals surface area (Å²) in [5.74, 6) is 0.662. The van der Waals surface area contributed by atoms with Crippen LogP contribution in [0.15, 0.2) is 51.8 Å². The molecule has 0 aromatic heterocycles. The fourth-order valence-electron chi connectivity index (χ4n) is 1.80. The van der Waals surface area contributed by atoms with Gasteiger partial charge < -0.3 is 10.5 Å². The van der Waals surface area contributed by atoms with Crippen molar-refractivity contribution in [3.63, 3.8) is 0 Å². The molecule has 2 rings (SSSR count). The topological polar surface area (TPSA) is 72.6 Å². The molecule has 0 aliphatic carbocycles. The van der Waals surface area contributed by atoms with Crippen LogP contribution < -0.4 is 14.8 Å². The Balaban J connectivity index is 2.44. The van der Waals surface area contributed by atoms with Gasteiger partial charge in [-0.05, 0) is 58.4 Å². The standard InChI is InChI=1S/C14H15BrN2O3S/c1-17(11-4-6-12(20-2)7-5-11)21(18,19)14-9-10(16)3-8-13(14)15/h3-9H,16H2,1-2H3. The Morgan fingerprint density at radius 2 is 1.76 bits per heavy atom. The van der Waals surface area contributed by atoms with E-state index in [2.05, 4.69) is 15.9 Å². The molecule has 0 aliphatic heterocycles. The Labute approximate surface area is 132 Å². The predicted octanol–water partition coefficient (Wildman–Crippen LogP) is 2.87. The lowest BCUT2D eigenvalue weighted by molar-refractivity contribution is 0.415. The summed E-state index contributed by atoms with van der Waals surface area (Å²) in [4.78, 5) is 0.126. The van der Waals surface area contributed by atoms with Gasteiger partial charge in [-0.25, -0.2) is 8.42 Å². The molecule has 7 heteroatoms. The number of methoxy groups -OCH3 is 1. The largest absolute Gasteiger partial charge is 0.497 e. The highest BCUT2D eigenvalue weighted by Gasteiger charge is 2.24. The van der Waals surface area contributed by atoms with Crippen molar-refractivity contribution in [3.8, 4) is 5.75 Å². The highest BCUT2D eigenvalue weighted by Crippen LogP contribution is 2.29. The quantitative estimate of drug-likeness (QED) is 0.839. The molecule has 0 amide bonds. The molecule has 5 nitrogen and oxygen atoms in total. The van der Waals surface area contributed by atoms with Gasteiger partial charge in [0.05, 0.1) is 12.8 Å². The first-order valence-corrected chi connectivity index (χ1v) is 8.27. The molecule has 0 unspecified atom stereocenters. The molecule has 2 N–H and O–H groups in total. The van der Waals surface area contributed by atoms with Gasteiger partial charge in [-0.2, -0.15) is 0 Å². The van der Waals surface area contributed by atoms with Crippen molar-refractivity contribution in [1.29, 1.82) is 0 Å².